The Morgan fingerprint density at radius 3 is 2.94 bits per heavy atom. The molecule has 3 nitrogen and oxygen atoms in total. The maximum Gasteiger partial charge on any atom is 0.234 e. The van der Waals surface area contributed by atoms with Crippen molar-refractivity contribution in [1.29, 1.82) is 0 Å². The second-order valence-electron chi connectivity index (χ2n) is 4.41. The van der Waals surface area contributed by atoms with Crippen LogP contribution in [0.5, 0.6) is 0 Å². The van der Waals surface area contributed by atoms with Gasteiger partial charge in [-0.2, -0.15) is 0 Å². The first-order chi connectivity index (χ1) is 7.77. The number of hydrogen-bond donors (Lipinski definition) is 0. The molecule has 2 aliphatic heterocycles. The van der Waals surface area contributed by atoms with Gasteiger partial charge in [-0.1, -0.05) is 12.2 Å². The summed E-state index contributed by atoms with van der Waals surface area (Å²) in [4.78, 5) is 25.6. The van der Waals surface area contributed by atoms with Gasteiger partial charge >= 0.3 is 0 Å². The van der Waals surface area contributed by atoms with Gasteiger partial charge in [0.15, 0.2) is 0 Å². The normalized spacial score (nSPS) is 24.2. The third-order valence-electron chi connectivity index (χ3n) is 3.38. The van der Waals surface area contributed by atoms with Crippen LogP contribution in [0.4, 0.5) is 0 Å². The summed E-state index contributed by atoms with van der Waals surface area (Å²) in [7, 11) is 0. The minimum Gasteiger partial charge on any atom is -0.370 e. The molecule has 0 bridgehead atoms. The summed E-state index contributed by atoms with van der Waals surface area (Å²) in [6, 6.07) is 0. The van der Waals surface area contributed by atoms with E-state index in [2.05, 4.69) is 4.90 Å². The molecule has 82 valence electrons. The zero-order chi connectivity index (χ0) is 11.1. The van der Waals surface area contributed by atoms with Crippen LogP contribution in [0.25, 0.3) is 0 Å². The van der Waals surface area contributed by atoms with E-state index in [4.69, 9.17) is 0 Å². The molecule has 1 saturated heterocycles. The fourth-order valence-corrected chi connectivity index (χ4v) is 2.62. The number of nitrogens with zero attached hydrogens (tertiary/aromatic N) is 1. The molecule has 0 spiro atoms. The molecular weight excluding hydrogens is 202 g/mol. The van der Waals surface area contributed by atoms with Crippen molar-refractivity contribution >= 4 is 11.6 Å². The Morgan fingerprint density at radius 1 is 1.19 bits per heavy atom. The van der Waals surface area contributed by atoms with Gasteiger partial charge in [-0.3, -0.25) is 9.59 Å². The topological polar surface area (TPSA) is 37.4 Å². The lowest BCUT2D eigenvalue weighted by atomic mass is 9.92. The van der Waals surface area contributed by atoms with E-state index >= 15 is 0 Å². The summed E-state index contributed by atoms with van der Waals surface area (Å²) in [5, 5.41) is 0. The number of rotatable bonds is 0. The van der Waals surface area contributed by atoms with Gasteiger partial charge in [0.05, 0.1) is 5.70 Å². The van der Waals surface area contributed by atoms with E-state index in [1.165, 1.54) is 6.08 Å². The minimum atomic E-state index is -0.360. The third-order valence-corrected chi connectivity index (χ3v) is 3.38. The first-order valence-electron chi connectivity index (χ1n) is 5.73. The molecule has 0 unspecified atom stereocenters. The standard InChI is InChI=1S/C13H13NO2/c15-11-8-9-5-7-14-6-3-1-2-4-10(12(9)14)13(11)16/h2,4,8H,1,3,5-7H2. The van der Waals surface area contributed by atoms with E-state index in [9.17, 15) is 9.59 Å². The number of carbonyl (C=O) groups excluding carboxylic acids is 2. The van der Waals surface area contributed by atoms with Crippen molar-refractivity contribution in [2.75, 3.05) is 13.1 Å². The molecule has 1 fully saturated rings. The summed E-state index contributed by atoms with van der Waals surface area (Å²) in [5.41, 5.74) is 2.67. The number of ketones is 2. The fraction of sp³-hybridized carbons (Fsp3) is 0.385. The molecule has 2 heterocycles. The van der Waals surface area contributed by atoms with Crippen molar-refractivity contribution in [1.82, 2.24) is 4.90 Å². The van der Waals surface area contributed by atoms with Crippen LogP contribution < -0.4 is 0 Å². The maximum absolute atomic E-state index is 11.8. The molecule has 16 heavy (non-hydrogen) atoms. The van der Waals surface area contributed by atoms with Crippen LogP contribution in [0.15, 0.2) is 35.1 Å². The molecular formula is C13H13NO2. The Kier molecular flexibility index (Phi) is 2.06. The van der Waals surface area contributed by atoms with Crippen LogP contribution in [0.3, 0.4) is 0 Å². The third kappa shape index (κ3) is 1.28. The molecule has 0 aromatic rings. The molecule has 0 saturated carbocycles. The van der Waals surface area contributed by atoms with Crippen molar-refractivity contribution in [2.24, 2.45) is 0 Å². The van der Waals surface area contributed by atoms with Crippen LogP contribution in [0.1, 0.15) is 19.3 Å². The van der Waals surface area contributed by atoms with E-state index < -0.39 is 0 Å². The van der Waals surface area contributed by atoms with Crippen molar-refractivity contribution in [2.45, 2.75) is 19.3 Å². The van der Waals surface area contributed by atoms with Gasteiger partial charge in [0, 0.05) is 18.7 Å². The van der Waals surface area contributed by atoms with Gasteiger partial charge in [0.2, 0.25) is 11.6 Å². The molecule has 0 aromatic heterocycles. The van der Waals surface area contributed by atoms with Crippen LogP contribution in [0.2, 0.25) is 0 Å². The van der Waals surface area contributed by atoms with Crippen molar-refractivity contribution in [3.8, 4) is 0 Å². The smallest absolute Gasteiger partial charge is 0.234 e. The summed E-state index contributed by atoms with van der Waals surface area (Å²) in [6.07, 6.45) is 8.35. The molecule has 0 amide bonds. The Balaban J connectivity index is 2.17. The number of Topliss-reactive ketones (excluding diaryl/α,β-unsaturated/α-hetero) is 1. The largest absolute Gasteiger partial charge is 0.370 e. The van der Waals surface area contributed by atoms with Crippen molar-refractivity contribution < 1.29 is 9.59 Å². The highest BCUT2D eigenvalue weighted by atomic mass is 16.2. The van der Waals surface area contributed by atoms with E-state index in [0.29, 0.717) is 5.57 Å². The van der Waals surface area contributed by atoms with E-state index in [1.54, 1.807) is 0 Å². The predicted octanol–water partition coefficient (Wildman–Crippen LogP) is 1.37. The molecule has 3 aliphatic rings. The van der Waals surface area contributed by atoms with Crippen LogP contribution >= 0.6 is 0 Å². The second kappa shape index (κ2) is 3.44. The fourth-order valence-electron chi connectivity index (χ4n) is 2.62. The van der Waals surface area contributed by atoms with Gasteiger partial charge in [0.25, 0.3) is 0 Å². The number of allylic oxidation sites excluding steroid dienone is 5. The molecule has 3 heteroatoms. The summed E-state index contributed by atoms with van der Waals surface area (Å²) < 4.78 is 0. The van der Waals surface area contributed by atoms with Gasteiger partial charge < -0.3 is 4.90 Å². The average Bonchev–Trinajstić information content (AvgIpc) is 2.60. The second-order valence-corrected chi connectivity index (χ2v) is 4.41. The summed E-state index contributed by atoms with van der Waals surface area (Å²) in [6.45, 7) is 1.93. The molecule has 0 radical (unpaired) electrons. The summed E-state index contributed by atoms with van der Waals surface area (Å²) >= 11 is 0. The van der Waals surface area contributed by atoms with E-state index in [1.807, 2.05) is 12.2 Å². The van der Waals surface area contributed by atoms with Crippen molar-refractivity contribution in [3.63, 3.8) is 0 Å². The minimum absolute atomic E-state index is 0.344. The first-order valence-corrected chi connectivity index (χ1v) is 5.73. The van der Waals surface area contributed by atoms with Gasteiger partial charge in [-0.25, -0.2) is 0 Å². The number of hydrogen-bond acceptors (Lipinski definition) is 3. The van der Waals surface area contributed by atoms with Crippen molar-refractivity contribution in [3.05, 3.63) is 35.1 Å². The SMILES string of the molecule is O=C1C=C2CCN3CCCC=CC(=C23)C1=O. The first kappa shape index (κ1) is 9.58. The van der Waals surface area contributed by atoms with Crippen LogP contribution in [0, 0.1) is 0 Å². The highest BCUT2D eigenvalue weighted by Gasteiger charge is 2.33. The van der Waals surface area contributed by atoms with Crippen LogP contribution in [-0.4, -0.2) is 29.6 Å². The van der Waals surface area contributed by atoms with Crippen LogP contribution in [-0.2, 0) is 9.59 Å². The molecule has 0 atom stereocenters. The monoisotopic (exact) mass is 215 g/mol. The van der Waals surface area contributed by atoms with E-state index in [-0.39, 0.29) is 11.6 Å². The Labute approximate surface area is 94.1 Å². The zero-order valence-corrected chi connectivity index (χ0v) is 9.03. The highest BCUT2D eigenvalue weighted by Crippen LogP contribution is 2.34. The lowest BCUT2D eigenvalue weighted by molar-refractivity contribution is -0.131. The highest BCUT2D eigenvalue weighted by molar-refractivity contribution is 6.49. The Morgan fingerprint density at radius 2 is 2.06 bits per heavy atom. The maximum atomic E-state index is 11.8. The lowest BCUT2D eigenvalue weighted by Gasteiger charge is -2.24. The van der Waals surface area contributed by atoms with E-state index in [0.717, 1.165) is 43.6 Å². The molecule has 1 aliphatic carbocycles. The van der Waals surface area contributed by atoms with Gasteiger partial charge in [0.1, 0.15) is 0 Å². The molecule has 0 N–H and O–H groups in total. The lowest BCUT2D eigenvalue weighted by Crippen LogP contribution is -2.27. The molecule has 0 aromatic carbocycles. The quantitative estimate of drug-likeness (QED) is 0.452. The predicted molar refractivity (Wildman–Crippen MR) is 59.7 cm³/mol. The molecule has 3 rings (SSSR count). The van der Waals surface area contributed by atoms with Gasteiger partial charge in [-0.05, 0) is 30.9 Å². The average molecular weight is 215 g/mol. The Bertz CT molecular complexity index is 468. The summed E-state index contributed by atoms with van der Waals surface area (Å²) in [5.74, 6) is -0.704. The van der Waals surface area contributed by atoms with Gasteiger partial charge in [-0.15, -0.1) is 0 Å². The zero-order valence-electron chi connectivity index (χ0n) is 9.03. The number of carbonyl (C=O) groups is 2. The Hall–Kier alpha value is -1.64.